The summed E-state index contributed by atoms with van der Waals surface area (Å²) >= 11 is 11.7. The maximum absolute atomic E-state index is 6.20. The molecule has 0 aliphatic carbocycles. The predicted octanol–water partition coefficient (Wildman–Crippen LogP) is 4.84. The Labute approximate surface area is 169 Å². The molecular weight excluding hydrogens is 376 g/mol. The fourth-order valence-electron chi connectivity index (χ4n) is 3.52. The van der Waals surface area contributed by atoms with E-state index in [1.54, 1.807) is 0 Å². The topological polar surface area (TPSA) is 40.2 Å². The van der Waals surface area contributed by atoms with Crippen molar-refractivity contribution in [2.45, 2.75) is 18.9 Å². The first-order valence-corrected chi connectivity index (χ1v) is 9.89. The highest BCUT2D eigenvalue weighted by atomic mass is 35.5. The van der Waals surface area contributed by atoms with Gasteiger partial charge in [0.1, 0.15) is 0 Å². The largest absolute Gasteiger partial charge is 0.371 e. The first-order valence-electron chi connectivity index (χ1n) is 9.11. The van der Waals surface area contributed by atoms with E-state index in [1.165, 1.54) is 5.69 Å². The number of rotatable bonds is 3. The molecule has 0 radical (unpaired) electrons. The number of fused-ring (bicyclic) bond motifs is 1. The van der Waals surface area contributed by atoms with Crippen LogP contribution in [0.2, 0.25) is 5.02 Å². The molecule has 0 amide bonds. The molecule has 1 aliphatic heterocycles. The normalized spacial score (nSPS) is 14.9. The quantitative estimate of drug-likeness (QED) is 0.619. The molecule has 0 saturated carbocycles. The molecule has 0 bridgehead atoms. The van der Waals surface area contributed by atoms with Gasteiger partial charge in [-0.25, -0.2) is 0 Å². The molecule has 1 aliphatic rings. The van der Waals surface area contributed by atoms with Crippen molar-refractivity contribution >= 4 is 51.2 Å². The molecule has 1 saturated heterocycles. The number of nitrogens with zero attached hydrogens (tertiary/aromatic N) is 2. The van der Waals surface area contributed by atoms with Gasteiger partial charge in [-0.15, -0.1) is 0 Å². The lowest BCUT2D eigenvalue weighted by Gasteiger charge is -2.35. The number of anilines is 2. The molecule has 3 aromatic rings. The van der Waals surface area contributed by atoms with Gasteiger partial charge in [0, 0.05) is 47.1 Å². The number of halogens is 1. The zero-order chi connectivity index (χ0) is 18.6. The lowest BCUT2D eigenvalue weighted by atomic mass is 10.0. The average Bonchev–Trinajstić information content (AvgIpc) is 2.69. The Bertz CT molecular complexity index is 939. The van der Waals surface area contributed by atoms with E-state index in [2.05, 4.69) is 26.6 Å². The maximum atomic E-state index is 6.20. The lowest BCUT2D eigenvalue weighted by Crippen LogP contribution is -2.46. The van der Waals surface area contributed by atoms with E-state index in [0.29, 0.717) is 11.2 Å². The average molecular weight is 397 g/mol. The van der Waals surface area contributed by atoms with Crippen LogP contribution in [0.5, 0.6) is 0 Å². The zero-order valence-electron chi connectivity index (χ0n) is 14.9. The zero-order valence-corrected chi connectivity index (χ0v) is 16.4. The molecule has 0 unspecified atom stereocenters. The summed E-state index contributed by atoms with van der Waals surface area (Å²) in [6, 6.07) is 18.3. The van der Waals surface area contributed by atoms with Crippen molar-refractivity contribution in [1.82, 2.24) is 10.3 Å². The third-order valence-electron chi connectivity index (χ3n) is 4.88. The Morgan fingerprint density at radius 3 is 2.63 bits per heavy atom. The van der Waals surface area contributed by atoms with Gasteiger partial charge in [-0.05, 0) is 61.5 Å². The summed E-state index contributed by atoms with van der Waals surface area (Å²) < 4.78 is 0. The summed E-state index contributed by atoms with van der Waals surface area (Å²) in [5.74, 6) is 0. The third kappa shape index (κ3) is 4.31. The number of benzene rings is 2. The molecular formula is C21H21ClN4S. The number of piperidine rings is 1. The van der Waals surface area contributed by atoms with Crippen LogP contribution in [0.25, 0.3) is 10.9 Å². The fourth-order valence-corrected chi connectivity index (χ4v) is 3.98. The van der Waals surface area contributed by atoms with Crippen LogP contribution >= 0.6 is 23.8 Å². The van der Waals surface area contributed by atoms with Crippen LogP contribution in [0.4, 0.5) is 11.4 Å². The van der Waals surface area contributed by atoms with E-state index in [0.717, 1.165) is 47.5 Å². The molecule has 2 N–H and O–H groups in total. The summed E-state index contributed by atoms with van der Waals surface area (Å²) in [5, 5.41) is 9.22. The molecule has 2 aromatic carbocycles. The second-order valence-corrected chi connectivity index (χ2v) is 7.56. The molecule has 0 atom stereocenters. The minimum Gasteiger partial charge on any atom is -0.371 e. The number of hydrogen-bond donors (Lipinski definition) is 2. The number of thiocarbonyl (C=S) groups is 1. The van der Waals surface area contributed by atoms with E-state index in [4.69, 9.17) is 23.8 Å². The molecule has 2 heterocycles. The van der Waals surface area contributed by atoms with Gasteiger partial charge in [-0.2, -0.15) is 0 Å². The number of aromatic nitrogens is 1. The van der Waals surface area contributed by atoms with Crippen LogP contribution in [-0.2, 0) is 0 Å². The first-order chi connectivity index (χ1) is 13.2. The van der Waals surface area contributed by atoms with E-state index in [9.17, 15) is 0 Å². The summed E-state index contributed by atoms with van der Waals surface area (Å²) in [6.07, 6.45) is 3.93. The van der Waals surface area contributed by atoms with Gasteiger partial charge >= 0.3 is 0 Å². The van der Waals surface area contributed by atoms with Crippen LogP contribution in [0.3, 0.4) is 0 Å². The van der Waals surface area contributed by atoms with Crippen molar-refractivity contribution in [2.24, 2.45) is 0 Å². The Kier molecular flexibility index (Phi) is 5.41. The molecule has 138 valence electrons. The van der Waals surface area contributed by atoms with Gasteiger partial charge in [0.2, 0.25) is 0 Å². The smallest absolute Gasteiger partial charge is 0.170 e. The Balaban J connectivity index is 1.38. The van der Waals surface area contributed by atoms with Crippen LogP contribution in [0.15, 0.2) is 60.8 Å². The lowest BCUT2D eigenvalue weighted by molar-refractivity contribution is 0.468. The predicted molar refractivity (Wildman–Crippen MR) is 118 cm³/mol. The summed E-state index contributed by atoms with van der Waals surface area (Å²) in [6.45, 7) is 1.94. The molecule has 4 rings (SSSR count). The van der Waals surface area contributed by atoms with Gasteiger partial charge in [-0.1, -0.05) is 29.8 Å². The molecule has 6 heteroatoms. The van der Waals surface area contributed by atoms with E-state index >= 15 is 0 Å². The van der Waals surface area contributed by atoms with Crippen molar-refractivity contribution in [3.05, 3.63) is 65.8 Å². The monoisotopic (exact) mass is 396 g/mol. The van der Waals surface area contributed by atoms with Crippen molar-refractivity contribution in [1.29, 1.82) is 0 Å². The highest BCUT2D eigenvalue weighted by molar-refractivity contribution is 7.80. The molecule has 1 aromatic heterocycles. The second kappa shape index (κ2) is 8.11. The molecule has 0 spiro atoms. The SMILES string of the molecule is S=C(Nc1ccccc1)NC1CCN(c2ccnc3ccc(Cl)cc23)CC1. The summed E-state index contributed by atoms with van der Waals surface area (Å²) in [7, 11) is 0. The highest BCUT2D eigenvalue weighted by Crippen LogP contribution is 2.29. The number of hydrogen-bond acceptors (Lipinski definition) is 3. The van der Waals surface area contributed by atoms with Crippen LogP contribution in [0, 0.1) is 0 Å². The minimum absolute atomic E-state index is 0.377. The van der Waals surface area contributed by atoms with Crippen molar-refractivity contribution in [3.8, 4) is 0 Å². The van der Waals surface area contributed by atoms with Gasteiger partial charge in [0.05, 0.1) is 5.52 Å². The van der Waals surface area contributed by atoms with Crippen LogP contribution in [-0.4, -0.2) is 29.2 Å². The van der Waals surface area contributed by atoms with Gasteiger partial charge in [0.25, 0.3) is 0 Å². The van der Waals surface area contributed by atoms with Crippen LogP contribution in [0.1, 0.15) is 12.8 Å². The number of para-hydroxylation sites is 1. The van der Waals surface area contributed by atoms with Gasteiger partial charge in [-0.3, -0.25) is 4.98 Å². The number of nitrogens with one attached hydrogen (secondary N) is 2. The second-order valence-electron chi connectivity index (χ2n) is 6.72. The maximum Gasteiger partial charge on any atom is 0.170 e. The van der Waals surface area contributed by atoms with E-state index in [-0.39, 0.29) is 0 Å². The Hall–Kier alpha value is -2.37. The van der Waals surface area contributed by atoms with Crippen molar-refractivity contribution < 1.29 is 0 Å². The van der Waals surface area contributed by atoms with Gasteiger partial charge in [0.15, 0.2) is 5.11 Å². The Morgan fingerprint density at radius 2 is 1.85 bits per heavy atom. The molecule has 4 nitrogen and oxygen atoms in total. The summed E-state index contributed by atoms with van der Waals surface area (Å²) in [5.41, 5.74) is 3.18. The van der Waals surface area contributed by atoms with E-state index < -0.39 is 0 Å². The van der Waals surface area contributed by atoms with E-state index in [1.807, 2.05) is 54.7 Å². The van der Waals surface area contributed by atoms with Gasteiger partial charge < -0.3 is 15.5 Å². The first kappa shape index (κ1) is 18.0. The highest BCUT2D eigenvalue weighted by Gasteiger charge is 2.21. The third-order valence-corrected chi connectivity index (χ3v) is 5.34. The molecule has 27 heavy (non-hydrogen) atoms. The Morgan fingerprint density at radius 1 is 1.07 bits per heavy atom. The fraction of sp³-hybridized carbons (Fsp3) is 0.238. The van der Waals surface area contributed by atoms with Crippen molar-refractivity contribution in [3.63, 3.8) is 0 Å². The minimum atomic E-state index is 0.377. The van der Waals surface area contributed by atoms with Crippen LogP contribution < -0.4 is 15.5 Å². The summed E-state index contributed by atoms with van der Waals surface area (Å²) in [4.78, 5) is 6.86. The standard InChI is InChI=1S/C21H21ClN4S/c22-15-6-7-19-18(14-15)20(8-11-23-19)26-12-9-17(10-13-26)25-21(27)24-16-4-2-1-3-5-16/h1-8,11,14,17H,9-10,12-13H2,(H2,24,25,27). The number of pyridine rings is 1. The molecule has 1 fully saturated rings. The van der Waals surface area contributed by atoms with Crippen molar-refractivity contribution in [2.75, 3.05) is 23.3 Å².